The normalized spacial score (nSPS) is 12.4. The Morgan fingerprint density at radius 3 is 2.50 bits per heavy atom. The van der Waals surface area contributed by atoms with Gasteiger partial charge in [-0.2, -0.15) is 0 Å². The first-order chi connectivity index (χ1) is 17.1. The molecule has 3 aromatic carbocycles. The molecule has 0 heterocycles. The molecule has 0 saturated carbocycles. The molecule has 0 aliphatic carbocycles. The number of β-amino-alcohol motifs (C(OH)–C–C–N with tert-alkyl or cyclic N) is 1. The van der Waals surface area contributed by atoms with E-state index < -0.39 is 12.1 Å². The number of carbonyl (C=O) groups is 1. The van der Waals surface area contributed by atoms with Crippen molar-refractivity contribution in [2.45, 2.75) is 45.3 Å². The Bertz CT molecular complexity index is 1150. The highest BCUT2D eigenvalue weighted by Gasteiger charge is 2.20. The molecule has 3 aromatic rings. The second-order valence-electron chi connectivity index (χ2n) is 9.54. The second kappa shape index (κ2) is 12.6. The molecule has 7 heteroatoms. The van der Waals surface area contributed by atoms with E-state index in [1.165, 1.54) is 12.1 Å². The highest BCUT2D eigenvalue weighted by atomic mass is 19.1. The zero-order chi connectivity index (χ0) is 26.1. The van der Waals surface area contributed by atoms with Crippen LogP contribution in [-0.2, 0) is 17.6 Å². The van der Waals surface area contributed by atoms with Crippen LogP contribution in [0.1, 0.15) is 40.9 Å². The molecule has 0 spiro atoms. The van der Waals surface area contributed by atoms with E-state index in [0.717, 1.165) is 11.1 Å². The van der Waals surface area contributed by atoms with Crippen LogP contribution < -0.4 is 10.1 Å². The predicted octanol–water partition coefficient (Wildman–Crippen LogP) is 5.16. The molecule has 3 N–H and O–H groups in total. The number of aryl methyl sites for hydroxylation is 1. The largest absolute Gasteiger partial charge is 0.478 e. The van der Waals surface area contributed by atoms with Gasteiger partial charge in [0.1, 0.15) is 17.3 Å². The van der Waals surface area contributed by atoms with Gasteiger partial charge in [0.25, 0.3) is 0 Å². The van der Waals surface area contributed by atoms with Gasteiger partial charge in [-0.25, -0.2) is 9.18 Å². The van der Waals surface area contributed by atoms with Crippen LogP contribution in [-0.4, -0.2) is 47.6 Å². The third-order valence-electron chi connectivity index (χ3n) is 5.83. The molecule has 192 valence electrons. The molecule has 36 heavy (non-hydrogen) atoms. The molecule has 3 rings (SSSR count). The fraction of sp³-hybridized carbons (Fsp3) is 0.345. The molecule has 0 aromatic heterocycles. The molecule has 6 nitrogen and oxygen atoms in total. The van der Waals surface area contributed by atoms with E-state index in [1.54, 1.807) is 31.2 Å². The van der Waals surface area contributed by atoms with Crippen molar-refractivity contribution in [3.63, 3.8) is 0 Å². The van der Waals surface area contributed by atoms with Gasteiger partial charge in [-0.15, -0.1) is 0 Å². The smallest absolute Gasteiger partial charge is 0.335 e. The van der Waals surface area contributed by atoms with Crippen LogP contribution in [0.25, 0.3) is 0 Å². The summed E-state index contributed by atoms with van der Waals surface area (Å²) < 4.78 is 25.5. The summed E-state index contributed by atoms with van der Waals surface area (Å²) >= 11 is 0. The van der Waals surface area contributed by atoms with E-state index >= 15 is 0 Å². The molecular formula is C29H34FNO5. The third-order valence-corrected chi connectivity index (χ3v) is 5.83. The molecular weight excluding hydrogens is 461 g/mol. The number of halogens is 1. The molecule has 0 aliphatic rings. The number of benzene rings is 3. The SMILES string of the molecule is Cc1ccc(CC(C)(C)NC[C@H](O)COCCc2ccccc2Oc2ccc(C(=O)O)cc2)cc1F. The summed E-state index contributed by atoms with van der Waals surface area (Å²) in [7, 11) is 0. The van der Waals surface area contributed by atoms with Crippen LogP contribution in [0, 0.1) is 12.7 Å². The van der Waals surface area contributed by atoms with E-state index in [9.17, 15) is 14.3 Å². The standard InChI is InChI=1S/C29H34FNO5/c1-20-8-9-21(16-26(20)30)17-29(2,3)31-18-24(32)19-35-15-14-22-6-4-5-7-27(22)36-25-12-10-23(11-13-25)28(33)34/h4-13,16,24,31-32H,14-15,17-19H2,1-3H3,(H,33,34)/t24-/m0/s1. The maximum absolute atomic E-state index is 13.8. The summed E-state index contributed by atoms with van der Waals surface area (Å²) in [5.74, 6) is 0.0213. The van der Waals surface area contributed by atoms with Crippen molar-refractivity contribution in [3.05, 3.63) is 94.8 Å². The third kappa shape index (κ3) is 8.45. The fourth-order valence-corrected chi connectivity index (χ4v) is 3.78. The summed E-state index contributed by atoms with van der Waals surface area (Å²) in [5.41, 5.74) is 2.35. The van der Waals surface area contributed by atoms with Gasteiger partial charge in [0.05, 0.1) is 24.9 Å². The van der Waals surface area contributed by atoms with Crippen LogP contribution in [0.3, 0.4) is 0 Å². The number of aliphatic hydroxyl groups is 1. The number of hydrogen-bond acceptors (Lipinski definition) is 5. The number of aliphatic hydroxyl groups excluding tert-OH is 1. The van der Waals surface area contributed by atoms with Crippen molar-refractivity contribution in [2.24, 2.45) is 0 Å². The van der Waals surface area contributed by atoms with Crippen molar-refractivity contribution in [3.8, 4) is 11.5 Å². The first-order valence-corrected chi connectivity index (χ1v) is 12.0. The number of aromatic carboxylic acids is 1. The number of nitrogens with one attached hydrogen (secondary N) is 1. The highest BCUT2D eigenvalue weighted by Crippen LogP contribution is 2.26. The Labute approximate surface area is 211 Å². The quantitative estimate of drug-likeness (QED) is 0.284. The Balaban J connectivity index is 1.42. The minimum absolute atomic E-state index is 0.182. The van der Waals surface area contributed by atoms with Crippen molar-refractivity contribution in [1.82, 2.24) is 5.32 Å². The van der Waals surface area contributed by atoms with Gasteiger partial charge in [0.15, 0.2) is 0 Å². The maximum Gasteiger partial charge on any atom is 0.335 e. The summed E-state index contributed by atoms with van der Waals surface area (Å²) in [5, 5.41) is 22.7. The molecule has 0 saturated heterocycles. The first-order valence-electron chi connectivity index (χ1n) is 12.0. The lowest BCUT2D eigenvalue weighted by Crippen LogP contribution is -2.46. The van der Waals surface area contributed by atoms with Crippen LogP contribution in [0.2, 0.25) is 0 Å². The van der Waals surface area contributed by atoms with Gasteiger partial charge in [-0.05, 0) is 86.7 Å². The Kier molecular flexibility index (Phi) is 9.58. The number of hydrogen-bond donors (Lipinski definition) is 3. The average molecular weight is 496 g/mol. The van der Waals surface area contributed by atoms with Crippen LogP contribution in [0.4, 0.5) is 4.39 Å². The molecule has 0 bridgehead atoms. The molecule has 0 amide bonds. The monoisotopic (exact) mass is 495 g/mol. The lowest BCUT2D eigenvalue weighted by atomic mass is 9.94. The number of para-hydroxylation sites is 1. The van der Waals surface area contributed by atoms with Gasteiger partial charge >= 0.3 is 5.97 Å². The maximum atomic E-state index is 13.8. The Hall–Kier alpha value is -3.26. The van der Waals surface area contributed by atoms with Crippen molar-refractivity contribution in [1.29, 1.82) is 0 Å². The minimum atomic E-state index is -0.985. The number of carboxylic acids is 1. The average Bonchev–Trinajstić information content (AvgIpc) is 2.84. The molecule has 0 unspecified atom stereocenters. The van der Waals surface area contributed by atoms with Crippen LogP contribution >= 0.6 is 0 Å². The number of carboxylic acid groups (broad SMARTS) is 1. The van der Waals surface area contributed by atoms with E-state index in [1.807, 2.05) is 44.2 Å². The van der Waals surface area contributed by atoms with E-state index in [0.29, 0.717) is 43.1 Å². The van der Waals surface area contributed by atoms with Gasteiger partial charge in [0.2, 0.25) is 0 Å². The van der Waals surface area contributed by atoms with Gasteiger partial charge in [-0.1, -0.05) is 30.3 Å². The zero-order valence-electron chi connectivity index (χ0n) is 21.0. The van der Waals surface area contributed by atoms with Gasteiger partial charge in [0, 0.05) is 12.1 Å². The van der Waals surface area contributed by atoms with E-state index in [2.05, 4.69) is 5.32 Å². The number of rotatable bonds is 13. The molecule has 0 aliphatic heterocycles. The molecule has 1 atom stereocenters. The van der Waals surface area contributed by atoms with E-state index in [-0.39, 0.29) is 23.5 Å². The van der Waals surface area contributed by atoms with Crippen molar-refractivity contribution < 1.29 is 28.9 Å². The lowest BCUT2D eigenvalue weighted by Gasteiger charge is -2.28. The minimum Gasteiger partial charge on any atom is -0.478 e. The Morgan fingerprint density at radius 1 is 1.08 bits per heavy atom. The Morgan fingerprint density at radius 2 is 1.81 bits per heavy atom. The van der Waals surface area contributed by atoms with Crippen molar-refractivity contribution >= 4 is 5.97 Å². The second-order valence-corrected chi connectivity index (χ2v) is 9.54. The summed E-state index contributed by atoms with van der Waals surface area (Å²) in [6.07, 6.45) is 0.542. The zero-order valence-corrected chi connectivity index (χ0v) is 21.0. The highest BCUT2D eigenvalue weighted by molar-refractivity contribution is 5.87. The molecule has 0 radical (unpaired) electrons. The molecule has 0 fully saturated rings. The van der Waals surface area contributed by atoms with Crippen LogP contribution in [0.15, 0.2) is 66.7 Å². The lowest BCUT2D eigenvalue weighted by molar-refractivity contribution is 0.0347. The van der Waals surface area contributed by atoms with Crippen molar-refractivity contribution in [2.75, 3.05) is 19.8 Å². The van der Waals surface area contributed by atoms with E-state index in [4.69, 9.17) is 14.6 Å². The predicted molar refractivity (Wildman–Crippen MR) is 137 cm³/mol. The van der Waals surface area contributed by atoms with Gasteiger partial charge in [-0.3, -0.25) is 0 Å². The topological polar surface area (TPSA) is 88.0 Å². The summed E-state index contributed by atoms with van der Waals surface area (Å²) in [4.78, 5) is 11.0. The van der Waals surface area contributed by atoms with Gasteiger partial charge < -0.3 is 25.0 Å². The first kappa shape index (κ1) is 27.3. The fourth-order valence-electron chi connectivity index (χ4n) is 3.78. The summed E-state index contributed by atoms with van der Waals surface area (Å²) in [6.45, 7) is 6.72. The van der Waals surface area contributed by atoms with Crippen LogP contribution in [0.5, 0.6) is 11.5 Å². The number of ether oxygens (including phenoxy) is 2. The summed E-state index contributed by atoms with van der Waals surface area (Å²) in [6, 6.07) is 19.1.